The molecule has 1 amide bonds. The molecule has 2 aromatic rings. The molecule has 0 aliphatic carbocycles. The number of aliphatic hydroxyl groups is 1. The van der Waals surface area contributed by atoms with Crippen molar-refractivity contribution >= 4 is 23.2 Å². The maximum absolute atomic E-state index is 13.0. The van der Waals surface area contributed by atoms with Crippen LogP contribution in [0.5, 0.6) is 11.5 Å². The third kappa shape index (κ3) is 5.27. The fourth-order valence-electron chi connectivity index (χ4n) is 2.30. The molecule has 0 bridgehead atoms. The molecule has 0 unspecified atom stereocenters. The molecular formula is C18H17ClF3NO4. The van der Waals surface area contributed by atoms with Gasteiger partial charge in [0.15, 0.2) is 0 Å². The average molecular weight is 404 g/mol. The van der Waals surface area contributed by atoms with Crippen molar-refractivity contribution < 1.29 is 32.5 Å². The molecule has 2 aromatic carbocycles. The monoisotopic (exact) mass is 403 g/mol. The Balaban J connectivity index is 2.37. The van der Waals surface area contributed by atoms with Crippen molar-refractivity contribution in [2.24, 2.45) is 0 Å². The van der Waals surface area contributed by atoms with Crippen molar-refractivity contribution in [3.8, 4) is 11.5 Å². The Kier molecular flexibility index (Phi) is 6.92. The van der Waals surface area contributed by atoms with E-state index in [2.05, 4.69) is 5.32 Å². The van der Waals surface area contributed by atoms with E-state index in [4.69, 9.17) is 26.2 Å². The van der Waals surface area contributed by atoms with Crippen molar-refractivity contribution in [3.63, 3.8) is 0 Å². The molecule has 0 spiro atoms. The zero-order valence-corrected chi connectivity index (χ0v) is 15.0. The fraction of sp³-hybridized carbons (Fsp3) is 0.278. The minimum absolute atomic E-state index is 0.0105. The molecule has 0 aliphatic rings. The van der Waals surface area contributed by atoms with Crippen molar-refractivity contribution in [1.29, 1.82) is 0 Å². The topological polar surface area (TPSA) is 67.8 Å². The van der Waals surface area contributed by atoms with E-state index in [9.17, 15) is 18.0 Å². The molecule has 0 atom stereocenters. The number of alkyl halides is 3. The lowest BCUT2D eigenvalue weighted by Crippen LogP contribution is -2.17. The van der Waals surface area contributed by atoms with E-state index >= 15 is 0 Å². The van der Waals surface area contributed by atoms with Gasteiger partial charge in [-0.25, -0.2) is 0 Å². The van der Waals surface area contributed by atoms with Gasteiger partial charge in [0.2, 0.25) is 0 Å². The van der Waals surface area contributed by atoms with Crippen LogP contribution < -0.4 is 14.8 Å². The van der Waals surface area contributed by atoms with Gasteiger partial charge >= 0.3 is 6.18 Å². The highest BCUT2D eigenvalue weighted by atomic mass is 35.5. The van der Waals surface area contributed by atoms with Crippen LogP contribution in [-0.4, -0.2) is 30.8 Å². The minimum Gasteiger partial charge on any atom is -0.493 e. The van der Waals surface area contributed by atoms with Gasteiger partial charge in [-0.15, -0.1) is 0 Å². The molecule has 0 saturated heterocycles. The summed E-state index contributed by atoms with van der Waals surface area (Å²) in [5.74, 6) is -0.379. The number of anilines is 1. The first-order chi connectivity index (χ1) is 12.8. The summed E-state index contributed by atoms with van der Waals surface area (Å²) >= 11 is 5.59. The lowest BCUT2D eigenvalue weighted by atomic mass is 10.1. The normalized spacial score (nSPS) is 11.2. The second kappa shape index (κ2) is 8.96. The van der Waals surface area contributed by atoms with Crippen molar-refractivity contribution in [2.45, 2.75) is 13.1 Å². The highest BCUT2D eigenvalue weighted by Gasteiger charge is 2.33. The van der Waals surface area contributed by atoms with Gasteiger partial charge in [0, 0.05) is 5.69 Å². The summed E-state index contributed by atoms with van der Waals surface area (Å²) in [6.45, 7) is 1.65. The third-order valence-corrected chi connectivity index (χ3v) is 3.72. The molecule has 0 aliphatic heterocycles. The molecule has 0 fully saturated rings. The molecule has 2 rings (SSSR count). The Morgan fingerprint density at radius 3 is 2.44 bits per heavy atom. The maximum atomic E-state index is 13.0. The van der Waals surface area contributed by atoms with Crippen LogP contribution in [0.2, 0.25) is 5.02 Å². The summed E-state index contributed by atoms with van der Waals surface area (Å²) in [6.07, 6.45) is -4.66. The second-order valence-corrected chi connectivity index (χ2v) is 5.69. The van der Waals surface area contributed by atoms with E-state index < -0.39 is 22.7 Å². The molecule has 27 heavy (non-hydrogen) atoms. The number of carbonyl (C=O) groups excluding carboxylic acids is 1. The Hall–Kier alpha value is -2.45. The molecule has 0 saturated carbocycles. The predicted molar refractivity (Wildman–Crippen MR) is 94.6 cm³/mol. The molecule has 2 N–H and O–H groups in total. The molecule has 5 nitrogen and oxygen atoms in total. The maximum Gasteiger partial charge on any atom is 0.417 e. The molecule has 0 heterocycles. The largest absolute Gasteiger partial charge is 0.493 e. The lowest BCUT2D eigenvalue weighted by molar-refractivity contribution is -0.137. The summed E-state index contributed by atoms with van der Waals surface area (Å²) in [7, 11) is 0. The second-order valence-electron chi connectivity index (χ2n) is 5.28. The third-order valence-electron chi connectivity index (χ3n) is 3.39. The van der Waals surface area contributed by atoms with E-state index in [-0.39, 0.29) is 42.6 Å². The highest BCUT2D eigenvalue weighted by molar-refractivity contribution is 6.31. The van der Waals surface area contributed by atoms with Crippen LogP contribution in [0.15, 0.2) is 36.4 Å². The Morgan fingerprint density at radius 1 is 1.19 bits per heavy atom. The van der Waals surface area contributed by atoms with Gasteiger partial charge in [-0.3, -0.25) is 4.79 Å². The van der Waals surface area contributed by atoms with Crippen LogP contribution in [0.4, 0.5) is 18.9 Å². The fourth-order valence-corrected chi connectivity index (χ4v) is 2.53. The first-order valence-corrected chi connectivity index (χ1v) is 8.33. The van der Waals surface area contributed by atoms with E-state index in [0.717, 1.165) is 12.1 Å². The van der Waals surface area contributed by atoms with Gasteiger partial charge in [-0.2, -0.15) is 13.2 Å². The van der Waals surface area contributed by atoms with Gasteiger partial charge in [0.25, 0.3) is 5.91 Å². The van der Waals surface area contributed by atoms with E-state index in [1.54, 1.807) is 13.0 Å². The van der Waals surface area contributed by atoms with Crippen molar-refractivity contribution in [1.82, 2.24) is 0 Å². The number of nitrogens with one attached hydrogen (secondary N) is 1. The summed E-state index contributed by atoms with van der Waals surface area (Å²) in [4.78, 5) is 12.7. The quantitative estimate of drug-likeness (QED) is 0.720. The smallest absolute Gasteiger partial charge is 0.417 e. The van der Waals surface area contributed by atoms with Gasteiger partial charge in [-0.05, 0) is 37.3 Å². The Morgan fingerprint density at radius 2 is 1.85 bits per heavy atom. The lowest BCUT2D eigenvalue weighted by Gasteiger charge is -2.16. The van der Waals surface area contributed by atoms with Crippen LogP contribution in [0.1, 0.15) is 22.8 Å². The molecule has 0 aromatic heterocycles. The molecule has 146 valence electrons. The van der Waals surface area contributed by atoms with Gasteiger partial charge in [0.1, 0.15) is 23.7 Å². The first-order valence-electron chi connectivity index (χ1n) is 7.95. The van der Waals surface area contributed by atoms with Crippen LogP contribution in [0, 0.1) is 0 Å². The van der Waals surface area contributed by atoms with Crippen LogP contribution in [0.3, 0.4) is 0 Å². The summed E-state index contributed by atoms with van der Waals surface area (Å²) in [5.41, 5.74) is -1.13. The van der Waals surface area contributed by atoms with Gasteiger partial charge in [-0.1, -0.05) is 17.7 Å². The van der Waals surface area contributed by atoms with Crippen molar-refractivity contribution in [2.75, 3.05) is 25.1 Å². The number of hydrogen-bond donors (Lipinski definition) is 2. The van der Waals surface area contributed by atoms with Crippen LogP contribution in [-0.2, 0) is 6.18 Å². The molecule has 9 heteroatoms. The Bertz CT molecular complexity index is 812. The highest BCUT2D eigenvalue weighted by Crippen LogP contribution is 2.36. The van der Waals surface area contributed by atoms with Gasteiger partial charge in [0.05, 0.1) is 23.8 Å². The van der Waals surface area contributed by atoms with E-state index in [1.807, 2.05) is 0 Å². The number of benzene rings is 2. The SMILES string of the molecule is CCOc1cccc(OCCO)c1C(=O)Nc1ccc(Cl)c(C(F)(F)F)c1. The summed E-state index contributed by atoms with van der Waals surface area (Å²) in [6, 6.07) is 7.68. The van der Waals surface area contributed by atoms with E-state index in [0.29, 0.717) is 0 Å². The van der Waals surface area contributed by atoms with Crippen LogP contribution in [0.25, 0.3) is 0 Å². The number of halogens is 4. The number of hydrogen-bond acceptors (Lipinski definition) is 4. The average Bonchev–Trinajstić information content (AvgIpc) is 2.61. The number of rotatable bonds is 7. The predicted octanol–water partition coefficient (Wildman–Crippen LogP) is 4.38. The summed E-state index contributed by atoms with van der Waals surface area (Å²) < 4.78 is 49.7. The van der Waals surface area contributed by atoms with E-state index in [1.165, 1.54) is 18.2 Å². The number of ether oxygens (including phenoxy) is 2. The zero-order chi connectivity index (χ0) is 20.0. The summed E-state index contributed by atoms with van der Waals surface area (Å²) in [5, 5.41) is 10.8. The number of aliphatic hydroxyl groups excluding tert-OH is 1. The van der Waals surface area contributed by atoms with Gasteiger partial charge < -0.3 is 19.9 Å². The minimum atomic E-state index is -4.66. The first kappa shape index (κ1) is 20.9. The number of amides is 1. The zero-order valence-electron chi connectivity index (χ0n) is 14.3. The Labute approximate surface area is 158 Å². The molecule has 0 radical (unpaired) electrons. The van der Waals surface area contributed by atoms with Crippen molar-refractivity contribution in [3.05, 3.63) is 52.5 Å². The standard InChI is InChI=1S/C18H17ClF3NO4/c1-2-26-14-4-3-5-15(27-9-8-24)16(14)17(25)23-11-6-7-13(19)12(10-11)18(20,21)22/h3-7,10,24H,2,8-9H2,1H3,(H,23,25). The van der Waals surface area contributed by atoms with Crippen LogP contribution >= 0.6 is 11.6 Å². The number of carbonyl (C=O) groups is 1. The molecular weight excluding hydrogens is 387 g/mol.